The Balaban J connectivity index is 2.07. The number of nitrogens with one attached hydrogen (secondary N) is 1. The van der Waals surface area contributed by atoms with Crippen LogP contribution in [-0.4, -0.2) is 19.2 Å². The van der Waals surface area contributed by atoms with Crippen LogP contribution in [0.15, 0.2) is 24.3 Å². The normalized spacial score (nSPS) is 25.3. The van der Waals surface area contributed by atoms with E-state index in [4.69, 9.17) is 4.74 Å². The van der Waals surface area contributed by atoms with Gasteiger partial charge in [-0.1, -0.05) is 25.0 Å². The van der Waals surface area contributed by atoms with E-state index >= 15 is 0 Å². The van der Waals surface area contributed by atoms with Crippen molar-refractivity contribution >= 4 is 0 Å². The summed E-state index contributed by atoms with van der Waals surface area (Å²) in [5, 5.41) is 3.70. The van der Waals surface area contributed by atoms with E-state index in [-0.39, 0.29) is 5.54 Å². The molecule has 1 unspecified atom stereocenters. The number of ether oxygens (including phenoxy) is 1. The van der Waals surface area contributed by atoms with E-state index in [0.29, 0.717) is 0 Å². The number of hydrogen-bond donors (Lipinski definition) is 1. The fourth-order valence-corrected chi connectivity index (χ4v) is 2.68. The molecular weight excluding hydrogens is 210 g/mol. The van der Waals surface area contributed by atoms with Gasteiger partial charge >= 0.3 is 0 Å². The van der Waals surface area contributed by atoms with Crippen molar-refractivity contribution < 1.29 is 4.74 Å². The van der Waals surface area contributed by atoms with Crippen LogP contribution < -0.4 is 10.1 Å². The molecule has 0 bridgehead atoms. The molecule has 17 heavy (non-hydrogen) atoms. The van der Waals surface area contributed by atoms with E-state index in [1.54, 1.807) is 7.11 Å². The van der Waals surface area contributed by atoms with Gasteiger partial charge in [-0.2, -0.15) is 0 Å². The quantitative estimate of drug-likeness (QED) is 0.866. The van der Waals surface area contributed by atoms with E-state index in [2.05, 4.69) is 30.4 Å². The fourth-order valence-electron chi connectivity index (χ4n) is 2.68. The summed E-state index contributed by atoms with van der Waals surface area (Å²) in [6, 6.07) is 8.43. The van der Waals surface area contributed by atoms with Crippen LogP contribution in [0, 0.1) is 0 Å². The molecule has 1 fully saturated rings. The molecule has 1 aliphatic heterocycles. The Hall–Kier alpha value is -1.02. The lowest BCUT2D eigenvalue weighted by Gasteiger charge is -2.29. The average molecular weight is 233 g/mol. The second kappa shape index (κ2) is 5.54. The lowest BCUT2D eigenvalue weighted by Crippen LogP contribution is -2.43. The predicted molar refractivity (Wildman–Crippen MR) is 71.6 cm³/mol. The first kappa shape index (κ1) is 12.4. The smallest absolute Gasteiger partial charge is 0.119 e. The Morgan fingerprint density at radius 1 is 1.29 bits per heavy atom. The van der Waals surface area contributed by atoms with Crippen molar-refractivity contribution in [2.24, 2.45) is 0 Å². The van der Waals surface area contributed by atoms with Gasteiger partial charge < -0.3 is 10.1 Å². The van der Waals surface area contributed by atoms with Crippen LogP contribution >= 0.6 is 0 Å². The van der Waals surface area contributed by atoms with Gasteiger partial charge in [0.25, 0.3) is 0 Å². The summed E-state index contributed by atoms with van der Waals surface area (Å²) in [6.07, 6.45) is 6.37. The van der Waals surface area contributed by atoms with Crippen molar-refractivity contribution in [3.05, 3.63) is 29.8 Å². The maximum Gasteiger partial charge on any atom is 0.119 e. The van der Waals surface area contributed by atoms with Gasteiger partial charge in [-0.25, -0.2) is 0 Å². The van der Waals surface area contributed by atoms with Gasteiger partial charge in [0.15, 0.2) is 0 Å². The Bertz CT molecular complexity index is 354. The van der Waals surface area contributed by atoms with E-state index < -0.39 is 0 Å². The largest absolute Gasteiger partial charge is 0.497 e. The van der Waals surface area contributed by atoms with Gasteiger partial charge in [-0.3, -0.25) is 0 Å². The van der Waals surface area contributed by atoms with Crippen LogP contribution in [-0.2, 0) is 6.42 Å². The molecule has 1 aromatic carbocycles. The van der Waals surface area contributed by atoms with Crippen LogP contribution in [0.1, 0.15) is 38.2 Å². The maximum atomic E-state index is 5.28. The highest BCUT2D eigenvalue weighted by molar-refractivity contribution is 5.29. The molecule has 2 rings (SSSR count). The molecule has 1 heterocycles. The summed E-state index contributed by atoms with van der Waals surface area (Å²) >= 11 is 0. The Morgan fingerprint density at radius 2 is 2.18 bits per heavy atom. The molecule has 0 amide bonds. The molecule has 0 aromatic heterocycles. The molecule has 1 saturated heterocycles. The maximum absolute atomic E-state index is 5.28. The van der Waals surface area contributed by atoms with Crippen molar-refractivity contribution in [2.45, 2.75) is 44.6 Å². The minimum absolute atomic E-state index is 0.253. The highest BCUT2D eigenvalue weighted by atomic mass is 16.5. The summed E-state index contributed by atoms with van der Waals surface area (Å²) in [4.78, 5) is 0. The number of hydrogen-bond acceptors (Lipinski definition) is 2. The lowest BCUT2D eigenvalue weighted by molar-refractivity contribution is 0.344. The molecule has 2 heteroatoms. The summed E-state index contributed by atoms with van der Waals surface area (Å²) in [7, 11) is 1.73. The van der Waals surface area contributed by atoms with Gasteiger partial charge in [0.2, 0.25) is 0 Å². The van der Waals surface area contributed by atoms with Crippen LogP contribution in [0.2, 0.25) is 0 Å². The third-order valence-corrected chi connectivity index (χ3v) is 3.69. The summed E-state index contributed by atoms with van der Waals surface area (Å²) in [5.74, 6) is 0.958. The summed E-state index contributed by atoms with van der Waals surface area (Å²) in [5.41, 5.74) is 1.62. The molecule has 0 saturated carbocycles. The summed E-state index contributed by atoms with van der Waals surface area (Å²) in [6.45, 7) is 3.50. The first-order valence-electron chi connectivity index (χ1n) is 6.60. The molecule has 2 nitrogen and oxygen atoms in total. The standard InChI is InChI=1S/C15H23NO/c1-15(9-4-3-5-10-16-15)12-13-7-6-8-14(11-13)17-2/h6-8,11,16H,3-5,9-10,12H2,1-2H3. The molecule has 1 aliphatic rings. The number of benzene rings is 1. The molecule has 94 valence electrons. The number of methoxy groups -OCH3 is 1. The van der Waals surface area contributed by atoms with E-state index in [1.165, 1.54) is 31.2 Å². The second-order valence-electron chi connectivity index (χ2n) is 5.33. The van der Waals surface area contributed by atoms with E-state index in [9.17, 15) is 0 Å². The molecule has 1 atom stereocenters. The van der Waals surface area contributed by atoms with Gasteiger partial charge in [0, 0.05) is 5.54 Å². The monoisotopic (exact) mass is 233 g/mol. The van der Waals surface area contributed by atoms with Crippen LogP contribution in [0.5, 0.6) is 5.75 Å². The second-order valence-corrected chi connectivity index (χ2v) is 5.33. The molecule has 0 spiro atoms. The van der Waals surface area contributed by atoms with Gasteiger partial charge in [0.05, 0.1) is 7.11 Å². The lowest BCUT2D eigenvalue weighted by atomic mass is 9.88. The number of rotatable bonds is 3. The van der Waals surface area contributed by atoms with E-state index in [1.807, 2.05) is 6.07 Å². The van der Waals surface area contributed by atoms with Crippen LogP contribution in [0.3, 0.4) is 0 Å². The minimum Gasteiger partial charge on any atom is -0.497 e. The van der Waals surface area contributed by atoms with Gasteiger partial charge in [0.1, 0.15) is 5.75 Å². The van der Waals surface area contributed by atoms with Gasteiger partial charge in [-0.05, 0) is 50.4 Å². The molecule has 1 N–H and O–H groups in total. The Labute approximate surface area is 104 Å². The fraction of sp³-hybridized carbons (Fsp3) is 0.600. The first-order valence-corrected chi connectivity index (χ1v) is 6.60. The zero-order chi connectivity index (χ0) is 12.1. The Kier molecular flexibility index (Phi) is 4.06. The van der Waals surface area contributed by atoms with Crippen molar-refractivity contribution in [1.82, 2.24) is 5.32 Å². The van der Waals surface area contributed by atoms with Crippen molar-refractivity contribution in [2.75, 3.05) is 13.7 Å². The molecule has 0 radical (unpaired) electrons. The molecule has 1 aromatic rings. The summed E-state index contributed by atoms with van der Waals surface area (Å²) < 4.78 is 5.28. The zero-order valence-electron chi connectivity index (χ0n) is 11.0. The Morgan fingerprint density at radius 3 is 3.00 bits per heavy atom. The third-order valence-electron chi connectivity index (χ3n) is 3.69. The first-order chi connectivity index (χ1) is 8.22. The molecule has 0 aliphatic carbocycles. The highest BCUT2D eigenvalue weighted by Crippen LogP contribution is 2.24. The minimum atomic E-state index is 0.253. The average Bonchev–Trinajstić information content (AvgIpc) is 2.54. The van der Waals surface area contributed by atoms with Crippen LogP contribution in [0.25, 0.3) is 0 Å². The van der Waals surface area contributed by atoms with Crippen molar-refractivity contribution in [1.29, 1.82) is 0 Å². The third kappa shape index (κ3) is 3.47. The topological polar surface area (TPSA) is 21.3 Å². The van der Waals surface area contributed by atoms with E-state index in [0.717, 1.165) is 18.7 Å². The zero-order valence-corrected chi connectivity index (χ0v) is 11.0. The predicted octanol–water partition coefficient (Wildman–Crippen LogP) is 3.16. The van der Waals surface area contributed by atoms with Crippen LogP contribution in [0.4, 0.5) is 0 Å². The molecular formula is C15H23NO. The van der Waals surface area contributed by atoms with Crippen molar-refractivity contribution in [3.8, 4) is 5.75 Å². The van der Waals surface area contributed by atoms with Gasteiger partial charge in [-0.15, -0.1) is 0 Å². The SMILES string of the molecule is COc1cccc(CC2(C)CCCCCN2)c1. The van der Waals surface area contributed by atoms with Crippen molar-refractivity contribution in [3.63, 3.8) is 0 Å². The highest BCUT2D eigenvalue weighted by Gasteiger charge is 2.25.